The molecule has 0 atom stereocenters. The van der Waals surface area contributed by atoms with Crippen LogP contribution < -0.4 is 0 Å². The zero-order valence-electron chi connectivity index (χ0n) is 44.0. The van der Waals surface area contributed by atoms with Gasteiger partial charge in [-0.25, -0.2) is 15.0 Å². The molecule has 5 nitrogen and oxygen atoms in total. The van der Waals surface area contributed by atoms with Gasteiger partial charge in [0.05, 0.1) is 22.1 Å². The molecular weight excluding hydrogens is 985 g/mol. The van der Waals surface area contributed by atoms with E-state index in [1.54, 1.807) is 0 Å². The van der Waals surface area contributed by atoms with Crippen molar-refractivity contribution in [2.24, 2.45) is 0 Å². The molecule has 1 aliphatic carbocycles. The second-order valence-corrected chi connectivity index (χ2v) is 21.0. The van der Waals surface area contributed by atoms with Gasteiger partial charge in [0.25, 0.3) is 0 Å². The fourth-order valence-electron chi connectivity index (χ4n) is 12.4. The van der Waals surface area contributed by atoms with Gasteiger partial charge in [0, 0.05) is 49.5 Å². The first kappa shape index (κ1) is 46.4. The Balaban J connectivity index is 0.962. The number of rotatable bonds is 9. The first-order chi connectivity index (χ1) is 40.1. The van der Waals surface area contributed by atoms with Crippen LogP contribution in [0.1, 0.15) is 11.1 Å². The summed E-state index contributed by atoms with van der Waals surface area (Å²) in [6.45, 7) is 0. The van der Waals surface area contributed by atoms with Gasteiger partial charge < -0.3 is 8.98 Å². The SMILES string of the molecule is c1ccc(-c2ccc(-c3nc(-c4cc(-c5ccccc5)cc(-c5ccccc5)c4)nc(-c4cc(-c5ccccc5)c(-n5c6ccccc6c6c7oc8c9c(ccc8c7ccc65)Cc5ccccc5-9)c(-c5ccccc5)c4)n3)cc2)cc1. The van der Waals surface area contributed by atoms with Crippen molar-refractivity contribution in [2.45, 2.75) is 6.42 Å². The summed E-state index contributed by atoms with van der Waals surface area (Å²) < 4.78 is 9.75. The minimum atomic E-state index is 0.565. The summed E-state index contributed by atoms with van der Waals surface area (Å²) in [5.74, 6) is 1.73. The van der Waals surface area contributed by atoms with Crippen LogP contribution in [-0.2, 0) is 6.42 Å². The number of para-hydroxylation sites is 1. The lowest BCUT2D eigenvalue weighted by Crippen LogP contribution is -2.04. The number of benzene rings is 12. The molecule has 16 rings (SSSR count). The van der Waals surface area contributed by atoms with Crippen LogP contribution in [0.15, 0.2) is 283 Å². The highest BCUT2D eigenvalue weighted by molar-refractivity contribution is 6.25. The van der Waals surface area contributed by atoms with Crippen LogP contribution in [0, 0.1) is 0 Å². The fourth-order valence-corrected chi connectivity index (χ4v) is 12.4. The Kier molecular flexibility index (Phi) is 10.9. The van der Waals surface area contributed by atoms with Gasteiger partial charge >= 0.3 is 0 Å². The van der Waals surface area contributed by atoms with Crippen molar-refractivity contribution >= 4 is 43.7 Å². The van der Waals surface area contributed by atoms with E-state index in [1.165, 1.54) is 22.3 Å². The molecule has 3 aromatic heterocycles. The first-order valence-corrected chi connectivity index (χ1v) is 27.6. The average molecular weight is 1030 g/mol. The molecule has 3 heterocycles. The molecule has 0 radical (unpaired) electrons. The lowest BCUT2D eigenvalue weighted by Gasteiger charge is -2.21. The van der Waals surface area contributed by atoms with Crippen LogP contribution >= 0.6 is 0 Å². The summed E-state index contributed by atoms with van der Waals surface area (Å²) in [7, 11) is 0. The molecule has 0 saturated carbocycles. The maximum absolute atomic E-state index is 7.28. The molecule has 0 saturated heterocycles. The van der Waals surface area contributed by atoms with E-state index in [-0.39, 0.29) is 0 Å². The Bertz CT molecular complexity index is 4800. The standard InChI is InChI=1S/C76H48N4O/c1-6-20-48(21-7-1)51-34-36-54(37-35-51)74-77-75(59-44-57(49-22-8-2-9-23-49)43-58(45-59)50-24-10-3-11-25-50)79-76(78-74)60-46-65(52-26-12-4-13-27-52)71(66(47-60)53-28-14-5-15-29-53)80-67-33-19-18-32-64(67)70-68(80)41-40-63-62-39-38-56-42-55-30-16-17-31-61(55)69(56)72(62)81-73(63)70/h1-41,43-47H,42H2. The van der Waals surface area contributed by atoms with Crippen molar-refractivity contribution < 1.29 is 4.42 Å². The Morgan fingerprint density at radius 1 is 0.284 bits per heavy atom. The molecule has 12 aromatic carbocycles. The smallest absolute Gasteiger partial charge is 0.164 e. The summed E-state index contributed by atoms with van der Waals surface area (Å²) in [5, 5.41) is 4.44. The average Bonchev–Trinajstić information content (AvgIpc) is 4.38. The predicted molar refractivity (Wildman–Crippen MR) is 333 cm³/mol. The van der Waals surface area contributed by atoms with Crippen molar-refractivity contribution in [3.8, 4) is 107 Å². The molecule has 0 unspecified atom stereocenters. The number of nitrogens with zero attached hydrogens (tertiary/aromatic N) is 4. The molecule has 378 valence electrons. The van der Waals surface area contributed by atoms with E-state index in [0.29, 0.717) is 17.5 Å². The third kappa shape index (κ3) is 7.89. The van der Waals surface area contributed by atoms with E-state index in [0.717, 1.165) is 128 Å². The van der Waals surface area contributed by atoms with Crippen LogP contribution in [0.2, 0.25) is 0 Å². The second kappa shape index (κ2) is 19.0. The molecule has 0 bridgehead atoms. The summed E-state index contributed by atoms with van der Waals surface area (Å²) in [6, 6.07) is 99.5. The van der Waals surface area contributed by atoms with Crippen LogP contribution in [0.4, 0.5) is 0 Å². The highest BCUT2D eigenvalue weighted by Gasteiger charge is 2.28. The van der Waals surface area contributed by atoms with E-state index >= 15 is 0 Å². The number of hydrogen-bond donors (Lipinski definition) is 0. The van der Waals surface area contributed by atoms with Crippen molar-refractivity contribution in [1.82, 2.24) is 19.5 Å². The van der Waals surface area contributed by atoms with Gasteiger partial charge in [0.1, 0.15) is 11.2 Å². The zero-order valence-corrected chi connectivity index (χ0v) is 44.0. The molecule has 0 aliphatic heterocycles. The Morgan fingerprint density at radius 2 is 0.728 bits per heavy atom. The Morgan fingerprint density at radius 3 is 1.33 bits per heavy atom. The van der Waals surface area contributed by atoms with Gasteiger partial charge in [-0.2, -0.15) is 0 Å². The quantitative estimate of drug-likeness (QED) is 0.145. The number of fused-ring (bicyclic) bond motifs is 11. The minimum absolute atomic E-state index is 0.565. The highest BCUT2D eigenvalue weighted by atomic mass is 16.3. The summed E-state index contributed by atoms with van der Waals surface area (Å²) in [5.41, 5.74) is 23.6. The normalized spacial score (nSPS) is 11.9. The van der Waals surface area contributed by atoms with Gasteiger partial charge in [-0.15, -0.1) is 0 Å². The molecule has 0 amide bonds. The third-order valence-electron chi connectivity index (χ3n) is 16.2. The first-order valence-electron chi connectivity index (χ1n) is 27.6. The van der Waals surface area contributed by atoms with Crippen molar-refractivity contribution in [2.75, 3.05) is 0 Å². The van der Waals surface area contributed by atoms with Gasteiger partial charge in [-0.05, 0) is 116 Å². The number of aromatic nitrogens is 4. The monoisotopic (exact) mass is 1030 g/mol. The van der Waals surface area contributed by atoms with Crippen molar-refractivity contribution in [3.63, 3.8) is 0 Å². The molecule has 15 aromatic rings. The molecule has 81 heavy (non-hydrogen) atoms. The molecule has 0 spiro atoms. The molecule has 5 heteroatoms. The summed E-state index contributed by atoms with van der Waals surface area (Å²) in [6.07, 6.45) is 0.902. The molecule has 0 fully saturated rings. The number of hydrogen-bond acceptors (Lipinski definition) is 4. The zero-order chi connectivity index (χ0) is 53.4. The predicted octanol–water partition coefficient (Wildman–Crippen LogP) is 19.8. The Labute approximate surface area is 468 Å². The van der Waals surface area contributed by atoms with Gasteiger partial charge in [0.2, 0.25) is 0 Å². The lowest BCUT2D eigenvalue weighted by atomic mass is 9.92. The molecular formula is C76H48N4O. The van der Waals surface area contributed by atoms with Gasteiger partial charge in [-0.3, -0.25) is 0 Å². The van der Waals surface area contributed by atoms with Crippen LogP contribution in [0.25, 0.3) is 150 Å². The Hall–Kier alpha value is -10.8. The lowest BCUT2D eigenvalue weighted by molar-refractivity contribution is 0.674. The van der Waals surface area contributed by atoms with E-state index in [4.69, 9.17) is 19.4 Å². The third-order valence-corrected chi connectivity index (χ3v) is 16.2. The minimum Gasteiger partial charge on any atom is -0.455 e. The highest BCUT2D eigenvalue weighted by Crippen LogP contribution is 2.49. The summed E-state index contributed by atoms with van der Waals surface area (Å²) >= 11 is 0. The number of furan rings is 1. The maximum atomic E-state index is 7.28. The van der Waals surface area contributed by atoms with Crippen LogP contribution in [0.3, 0.4) is 0 Å². The van der Waals surface area contributed by atoms with Crippen molar-refractivity contribution in [3.05, 3.63) is 290 Å². The van der Waals surface area contributed by atoms with E-state index < -0.39 is 0 Å². The maximum Gasteiger partial charge on any atom is 0.164 e. The second-order valence-electron chi connectivity index (χ2n) is 21.0. The van der Waals surface area contributed by atoms with E-state index in [2.05, 4.69) is 278 Å². The van der Waals surface area contributed by atoms with E-state index in [9.17, 15) is 0 Å². The molecule has 1 aliphatic rings. The summed E-state index contributed by atoms with van der Waals surface area (Å²) in [4.78, 5) is 16.4. The molecule has 0 N–H and O–H groups in total. The topological polar surface area (TPSA) is 56.7 Å². The van der Waals surface area contributed by atoms with Gasteiger partial charge in [-0.1, -0.05) is 231 Å². The van der Waals surface area contributed by atoms with Crippen LogP contribution in [-0.4, -0.2) is 19.5 Å². The van der Waals surface area contributed by atoms with Crippen LogP contribution in [0.5, 0.6) is 0 Å². The van der Waals surface area contributed by atoms with E-state index in [1.807, 2.05) is 6.07 Å². The van der Waals surface area contributed by atoms with Gasteiger partial charge in [0.15, 0.2) is 17.5 Å². The largest absolute Gasteiger partial charge is 0.455 e. The van der Waals surface area contributed by atoms with Crippen molar-refractivity contribution in [1.29, 1.82) is 0 Å². The fraction of sp³-hybridized carbons (Fsp3) is 0.0132.